The van der Waals surface area contributed by atoms with Gasteiger partial charge in [-0.15, -0.1) is 0 Å². The van der Waals surface area contributed by atoms with Crippen LogP contribution in [0.1, 0.15) is 11.1 Å². The van der Waals surface area contributed by atoms with Crippen molar-refractivity contribution in [2.75, 3.05) is 30.5 Å². The Balaban J connectivity index is 1.52. The molecule has 0 aromatic heterocycles. The van der Waals surface area contributed by atoms with Gasteiger partial charge in [0, 0.05) is 11.3 Å². The van der Waals surface area contributed by atoms with E-state index in [1.54, 1.807) is 36.3 Å². The number of carbonyl (C=O) groups is 2. The first-order valence-electron chi connectivity index (χ1n) is 12.7. The lowest BCUT2D eigenvalue weighted by molar-refractivity contribution is -0.114. The van der Waals surface area contributed by atoms with E-state index in [1.807, 2.05) is 78.9 Å². The molecule has 5 rings (SSSR count). The summed E-state index contributed by atoms with van der Waals surface area (Å²) in [6.07, 6.45) is 0. The molecular formula is C31H29N5O4. The number of nitrogens with one attached hydrogen (secondary N) is 1. The van der Waals surface area contributed by atoms with Crippen LogP contribution < -0.4 is 25.4 Å². The Morgan fingerprint density at radius 3 is 2.25 bits per heavy atom. The zero-order chi connectivity index (χ0) is 27.9. The number of benzene rings is 4. The van der Waals surface area contributed by atoms with Gasteiger partial charge in [0.2, 0.25) is 5.91 Å². The zero-order valence-corrected chi connectivity index (χ0v) is 22.0. The van der Waals surface area contributed by atoms with Crippen molar-refractivity contribution in [1.29, 1.82) is 0 Å². The molecule has 0 unspecified atom stereocenters. The molecule has 0 spiro atoms. The molecule has 4 aromatic carbocycles. The molecule has 0 saturated carbocycles. The summed E-state index contributed by atoms with van der Waals surface area (Å²) in [7, 11) is 1.61. The third kappa shape index (κ3) is 5.95. The van der Waals surface area contributed by atoms with E-state index in [2.05, 4.69) is 5.32 Å². The van der Waals surface area contributed by atoms with Crippen LogP contribution in [0.4, 0.5) is 21.9 Å². The van der Waals surface area contributed by atoms with Gasteiger partial charge in [-0.05, 0) is 60.2 Å². The summed E-state index contributed by atoms with van der Waals surface area (Å²) in [5.74, 6) is 1.08. The summed E-state index contributed by atoms with van der Waals surface area (Å²) in [5.41, 5.74) is 9.59. The van der Waals surface area contributed by atoms with Crippen molar-refractivity contribution in [3.63, 3.8) is 0 Å². The van der Waals surface area contributed by atoms with E-state index in [9.17, 15) is 9.59 Å². The van der Waals surface area contributed by atoms with Gasteiger partial charge in [-0.2, -0.15) is 5.10 Å². The number of rotatable bonds is 9. The molecule has 1 aliphatic rings. The molecule has 9 nitrogen and oxygen atoms in total. The van der Waals surface area contributed by atoms with Crippen molar-refractivity contribution in [1.82, 2.24) is 5.01 Å². The lowest BCUT2D eigenvalue weighted by Crippen LogP contribution is -2.36. The molecule has 202 valence electrons. The molecule has 0 aliphatic carbocycles. The second-order valence-electron chi connectivity index (χ2n) is 8.99. The molecule has 1 aliphatic heterocycles. The zero-order valence-electron chi connectivity index (χ0n) is 22.0. The van der Waals surface area contributed by atoms with Crippen LogP contribution in [-0.2, 0) is 11.3 Å². The highest BCUT2D eigenvalue weighted by Gasteiger charge is 2.31. The molecule has 3 N–H and O–H groups in total. The highest BCUT2D eigenvalue weighted by molar-refractivity contribution is 6.13. The van der Waals surface area contributed by atoms with Crippen molar-refractivity contribution in [2.45, 2.75) is 6.54 Å². The Labute approximate surface area is 232 Å². The van der Waals surface area contributed by atoms with Crippen LogP contribution in [0.3, 0.4) is 0 Å². The van der Waals surface area contributed by atoms with E-state index in [0.29, 0.717) is 28.5 Å². The molecule has 0 bridgehead atoms. The van der Waals surface area contributed by atoms with Crippen molar-refractivity contribution < 1.29 is 19.1 Å². The van der Waals surface area contributed by atoms with Gasteiger partial charge in [-0.3, -0.25) is 9.69 Å². The number of amides is 3. The average Bonchev–Trinajstić information content (AvgIpc) is 3.11. The highest BCUT2D eigenvalue weighted by atomic mass is 16.5. The van der Waals surface area contributed by atoms with Crippen molar-refractivity contribution in [2.24, 2.45) is 10.8 Å². The first-order chi connectivity index (χ1) is 19.6. The number of hydrogen-bond acceptors (Lipinski definition) is 6. The topological polar surface area (TPSA) is 109 Å². The smallest absolute Gasteiger partial charge is 0.349 e. The van der Waals surface area contributed by atoms with Gasteiger partial charge in [-0.25, -0.2) is 9.80 Å². The van der Waals surface area contributed by atoms with Crippen molar-refractivity contribution in [3.05, 3.63) is 114 Å². The Morgan fingerprint density at radius 1 is 0.875 bits per heavy atom. The van der Waals surface area contributed by atoms with Gasteiger partial charge in [0.1, 0.15) is 23.8 Å². The molecule has 3 amide bonds. The first kappa shape index (κ1) is 26.5. The monoisotopic (exact) mass is 535 g/mol. The van der Waals surface area contributed by atoms with Crippen molar-refractivity contribution >= 4 is 34.7 Å². The summed E-state index contributed by atoms with van der Waals surface area (Å²) in [6.45, 7) is 0.285. The summed E-state index contributed by atoms with van der Waals surface area (Å²) >= 11 is 0. The number of nitrogens with zero attached hydrogens (tertiary/aromatic N) is 3. The van der Waals surface area contributed by atoms with Crippen molar-refractivity contribution in [3.8, 4) is 11.5 Å². The van der Waals surface area contributed by atoms with Crippen LogP contribution in [-0.4, -0.2) is 42.9 Å². The fourth-order valence-electron chi connectivity index (χ4n) is 4.32. The molecule has 1 heterocycles. The van der Waals surface area contributed by atoms with E-state index in [4.69, 9.17) is 20.3 Å². The third-order valence-electron chi connectivity index (χ3n) is 6.31. The van der Waals surface area contributed by atoms with Crippen LogP contribution in [0.15, 0.2) is 108 Å². The number of carbonyl (C=O) groups excluding carboxylic acids is 2. The Morgan fingerprint density at radius 2 is 1.55 bits per heavy atom. The summed E-state index contributed by atoms with van der Waals surface area (Å²) < 4.78 is 11.3. The number of anilines is 3. The molecule has 0 saturated heterocycles. The van der Waals surface area contributed by atoms with E-state index in [0.717, 1.165) is 16.9 Å². The molecule has 9 heteroatoms. The quantitative estimate of drug-likeness (QED) is 0.308. The minimum Gasteiger partial charge on any atom is -0.497 e. The molecule has 0 fully saturated rings. The van der Waals surface area contributed by atoms with Gasteiger partial charge >= 0.3 is 6.03 Å². The number of nitrogens with two attached hydrogens (primary N) is 1. The molecule has 4 aromatic rings. The van der Waals surface area contributed by atoms with Gasteiger partial charge in [-0.1, -0.05) is 48.5 Å². The normalized spacial score (nSPS) is 12.8. The lowest BCUT2D eigenvalue weighted by atomic mass is 10.1. The number of para-hydroxylation sites is 1. The SMILES string of the molecule is COc1ccc(OCC2=NN(Cc3ccccc3)C(=O)N(c3ccc(NC(=O)CN)cc3)c3ccccc32)cc1. The Kier molecular flexibility index (Phi) is 8.03. The standard InChI is InChI=1S/C31H29N5O4/c1-39-25-15-17-26(18-16-25)40-21-28-27-9-5-6-10-29(27)36(24-13-11-23(12-14-24)33-30(37)19-32)31(38)35(34-28)20-22-7-3-2-4-8-22/h2-18H,19-21,32H2,1H3,(H,33,37). The second kappa shape index (κ2) is 12.1. The Bertz CT molecular complexity index is 1510. The maximum atomic E-state index is 14.1. The van der Waals surface area contributed by atoms with Gasteiger partial charge in [0.15, 0.2) is 0 Å². The lowest BCUT2D eigenvalue weighted by Gasteiger charge is -2.27. The number of urea groups is 1. The second-order valence-corrected chi connectivity index (χ2v) is 8.99. The average molecular weight is 536 g/mol. The van der Waals surface area contributed by atoms with Crippen LogP contribution in [0.2, 0.25) is 0 Å². The van der Waals surface area contributed by atoms with Crippen LogP contribution >= 0.6 is 0 Å². The van der Waals surface area contributed by atoms with E-state index in [1.165, 1.54) is 5.01 Å². The number of methoxy groups -OCH3 is 1. The first-order valence-corrected chi connectivity index (χ1v) is 12.7. The fourth-order valence-corrected chi connectivity index (χ4v) is 4.32. The Hall–Kier alpha value is -5.15. The number of hydrogen-bond donors (Lipinski definition) is 2. The minimum atomic E-state index is -0.325. The predicted octanol–water partition coefficient (Wildman–Crippen LogP) is 5.15. The van der Waals surface area contributed by atoms with Crippen LogP contribution in [0.5, 0.6) is 11.5 Å². The summed E-state index contributed by atoms with van der Waals surface area (Å²) in [5, 5.41) is 9.00. The molecular weight excluding hydrogens is 506 g/mol. The fraction of sp³-hybridized carbons (Fsp3) is 0.129. The van der Waals surface area contributed by atoms with E-state index >= 15 is 0 Å². The van der Waals surface area contributed by atoms with E-state index < -0.39 is 0 Å². The largest absolute Gasteiger partial charge is 0.497 e. The number of fused-ring (bicyclic) bond motifs is 1. The van der Waals surface area contributed by atoms with Gasteiger partial charge in [0.05, 0.1) is 31.6 Å². The van der Waals surface area contributed by atoms with Crippen LogP contribution in [0, 0.1) is 0 Å². The van der Waals surface area contributed by atoms with Crippen LogP contribution in [0.25, 0.3) is 0 Å². The van der Waals surface area contributed by atoms with E-state index in [-0.39, 0.29) is 31.6 Å². The minimum absolute atomic E-state index is 0.118. The van der Waals surface area contributed by atoms with Gasteiger partial charge in [0.25, 0.3) is 0 Å². The number of ether oxygens (including phenoxy) is 2. The maximum absolute atomic E-state index is 14.1. The highest BCUT2D eigenvalue weighted by Crippen LogP contribution is 2.34. The molecule has 40 heavy (non-hydrogen) atoms. The molecule has 0 radical (unpaired) electrons. The summed E-state index contributed by atoms with van der Waals surface area (Å²) in [6, 6.07) is 31.3. The summed E-state index contributed by atoms with van der Waals surface area (Å²) in [4.78, 5) is 27.5. The molecule has 0 atom stereocenters. The van der Waals surface area contributed by atoms with Gasteiger partial charge < -0.3 is 20.5 Å². The third-order valence-corrected chi connectivity index (χ3v) is 6.31. The number of hydrazone groups is 1. The predicted molar refractivity (Wildman–Crippen MR) is 155 cm³/mol. The maximum Gasteiger partial charge on any atom is 0.349 e.